The van der Waals surface area contributed by atoms with Gasteiger partial charge < -0.3 is 10.5 Å². The molecular weight excluding hydrogens is 274 g/mol. The highest BCUT2D eigenvalue weighted by atomic mass is 35.5. The van der Waals surface area contributed by atoms with E-state index in [-0.39, 0.29) is 5.56 Å². The van der Waals surface area contributed by atoms with Gasteiger partial charge in [0, 0.05) is 5.02 Å². The monoisotopic (exact) mass is 287 g/mol. The molecule has 2 aromatic carbocycles. The van der Waals surface area contributed by atoms with Crippen LogP contribution in [-0.2, 0) is 0 Å². The van der Waals surface area contributed by atoms with Gasteiger partial charge in [-0.2, -0.15) is 0 Å². The zero-order valence-corrected chi connectivity index (χ0v) is 11.5. The SMILES string of the molecule is NC(=O)c1cc(Cl)ccc1OC/C=C/c1ccccc1. The molecule has 20 heavy (non-hydrogen) atoms. The third-order valence-corrected chi connectivity index (χ3v) is 2.89. The molecule has 1 amide bonds. The van der Waals surface area contributed by atoms with Gasteiger partial charge in [0.15, 0.2) is 0 Å². The van der Waals surface area contributed by atoms with Crippen LogP contribution in [0.25, 0.3) is 6.08 Å². The third-order valence-electron chi connectivity index (χ3n) is 2.65. The summed E-state index contributed by atoms with van der Waals surface area (Å²) < 4.78 is 5.53. The maximum atomic E-state index is 11.3. The van der Waals surface area contributed by atoms with Crippen LogP contribution in [0.2, 0.25) is 5.02 Å². The molecule has 2 aromatic rings. The van der Waals surface area contributed by atoms with Crippen LogP contribution >= 0.6 is 11.6 Å². The van der Waals surface area contributed by atoms with Crippen molar-refractivity contribution in [1.29, 1.82) is 0 Å². The first-order chi connectivity index (χ1) is 9.66. The molecule has 0 atom stereocenters. The molecule has 0 fully saturated rings. The number of halogens is 1. The Morgan fingerprint density at radius 1 is 1.20 bits per heavy atom. The molecule has 2 N–H and O–H groups in total. The van der Waals surface area contributed by atoms with Crippen molar-refractivity contribution in [2.45, 2.75) is 0 Å². The van der Waals surface area contributed by atoms with Gasteiger partial charge in [-0.05, 0) is 29.8 Å². The summed E-state index contributed by atoms with van der Waals surface area (Å²) in [6.45, 7) is 0.344. The van der Waals surface area contributed by atoms with Crippen molar-refractivity contribution in [2.75, 3.05) is 6.61 Å². The molecular formula is C16H14ClNO2. The summed E-state index contributed by atoms with van der Waals surface area (Å²) in [5, 5.41) is 0.450. The lowest BCUT2D eigenvalue weighted by Gasteiger charge is -2.07. The van der Waals surface area contributed by atoms with Gasteiger partial charge in [0.2, 0.25) is 0 Å². The second kappa shape index (κ2) is 6.78. The normalized spacial score (nSPS) is 10.7. The van der Waals surface area contributed by atoms with E-state index in [2.05, 4.69) is 0 Å². The van der Waals surface area contributed by atoms with Gasteiger partial charge in [-0.15, -0.1) is 0 Å². The van der Waals surface area contributed by atoms with Gasteiger partial charge in [0.1, 0.15) is 12.4 Å². The fraction of sp³-hybridized carbons (Fsp3) is 0.0625. The predicted molar refractivity (Wildman–Crippen MR) is 80.9 cm³/mol. The minimum atomic E-state index is -0.561. The Morgan fingerprint density at radius 3 is 2.65 bits per heavy atom. The molecule has 0 bridgehead atoms. The van der Waals surface area contributed by atoms with Gasteiger partial charge in [-0.3, -0.25) is 4.79 Å². The molecule has 4 heteroatoms. The predicted octanol–water partition coefficient (Wildman–Crippen LogP) is 3.53. The van der Waals surface area contributed by atoms with Crippen molar-refractivity contribution in [3.8, 4) is 5.75 Å². The summed E-state index contributed by atoms with van der Waals surface area (Å²) in [7, 11) is 0. The minimum absolute atomic E-state index is 0.283. The average Bonchev–Trinajstić information content (AvgIpc) is 2.45. The number of ether oxygens (including phenoxy) is 1. The molecule has 0 saturated heterocycles. The van der Waals surface area contributed by atoms with E-state index in [4.69, 9.17) is 22.1 Å². The largest absolute Gasteiger partial charge is 0.489 e. The highest BCUT2D eigenvalue weighted by Crippen LogP contribution is 2.22. The average molecular weight is 288 g/mol. The summed E-state index contributed by atoms with van der Waals surface area (Å²) in [5.74, 6) is -0.130. The van der Waals surface area contributed by atoms with E-state index in [1.807, 2.05) is 42.5 Å². The van der Waals surface area contributed by atoms with Crippen LogP contribution in [0.4, 0.5) is 0 Å². The first kappa shape index (κ1) is 14.2. The number of carbonyl (C=O) groups is 1. The lowest BCUT2D eigenvalue weighted by molar-refractivity contribution is 0.0997. The topological polar surface area (TPSA) is 52.3 Å². The number of carbonyl (C=O) groups excluding carboxylic acids is 1. The summed E-state index contributed by atoms with van der Waals surface area (Å²) >= 11 is 5.82. The summed E-state index contributed by atoms with van der Waals surface area (Å²) in [6, 6.07) is 14.7. The maximum Gasteiger partial charge on any atom is 0.252 e. The van der Waals surface area contributed by atoms with E-state index in [1.165, 1.54) is 6.07 Å². The van der Waals surface area contributed by atoms with Crippen molar-refractivity contribution in [3.05, 3.63) is 70.8 Å². The van der Waals surface area contributed by atoms with Gasteiger partial charge in [0.05, 0.1) is 5.56 Å². The van der Waals surface area contributed by atoms with E-state index >= 15 is 0 Å². The van der Waals surface area contributed by atoms with E-state index < -0.39 is 5.91 Å². The molecule has 0 aliphatic rings. The lowest BCUT2D eigenvalue weighted by Crippen LogP contribution is -2.13. The van der Waals surface area contributed by atoms with Crippen molar-refractivity contribution in [2.24, 2.45) is 5.73 Å². The molecule has 102 valence electrons. The van der Waals surface area contributed by atoms with Gasteiger partial charge >= 0.3 is 0 Å². The van der Waals surface area contributed by atoms with Crippen molar-refractivity contribution >= 4 is 23.6 Å². The molecule has 0 aromatic heterocycles. The standard InChI is InChI=1S/C16H14ClNO2/c17-13-8-9-15(14(11-13)16(18)19)20-10-4-7-12-5-2-1-3-6-12/h1-9,11H,10H2,(H2,18,19)/b7-4+. The number of rotatable bonds is 5. The molecule has 0 aliphatic carbocycles. The van der Waals surface area contributed by atoms with Crippen molar-refractivity contribution < 1.29 is 9.53 Å². The first-order valence-corrected chi connectivity index (χ1v) is 6.48. The van der Waals surface area contributed by atoms with Crippen LogP contribution in [0.3, 0.4) is 0 Å². The van der Waals surface area contributed by atoms with E-state index in [0.717, 1.165) is 5.56 Å². The molecule has 0 aliphatic heterocycles. The van der Waals surface area contributed by atoms with E-state index in [9.17, 15) is 4.79 Å². The third kappa shape index (κ3) is 3.87. The second-order valence-electron chi connectivity index (χ2n) is 4.13. The Morgan fingerprint density at radius 2 is 1.95 bits per heavy atom. The van der Waals surface area contributed by atoms with Gasteiger partial charge in [-0.25, -0.2) is 0 Å². The van der Waals surface area contributed by atoms with Crippen molar-refractivity contribution in [3.63, 3.8) is 0 Å². The van der Waals surface area contributed by atoms with Crippen LogP contribution in [0.15, 0.2) is 54.6 Å². The minimum Gasteiger partial charge on any atom is -0.489 e. The molecule has 0 spiro atoms. The van der Waals surface area contributed by atoms with Crippen LogP contribution < -0.4 is 10.5 Å². The first-order valence-electron chi connectivity index (χ1n) is 6.10. The van der Waals surface area contributed by atoms with Crippen LogP contribution in [0, 0.1) is 0 Å². The number of nitrogens with two attached hydrogens (primary N) is 1. The zero-order valence-electron chi connectivity index (χ0n) is 10.8. The summed E-state index contributed by atoms with van der Waals surface area (Å²) in [4.78, 5) is 11.3. The van der Waals surface area contributed by atoms with Crippen LogP contribution in [-0.4, -0.2) is 12.5 Å². The van der Waals surface area contributed by atoms with Gasteiger partial charge in [-0.1, -0.05) is 48.0 Å². The number of hydrogen-bond acceptors (Lipinski definition) is 2. The Balaban J connectivity index is 2.01. The summed E-state index contributed by atoms with van der Waals surface area (Å²) in [6.07, 6.45) is 3.81. The van der Waals surface area contributed by atoms with Gasteiger partial charge in [0.25, 0.3) is 5.91 Å². The highest BCUT2D eigenvalue weighted by molar-refractivity contribution is 6.31. The maximum absolute atomic E-state index is 11.3. The van der Waals surface area contributed by atoms with Crippen molar-refractivity contribution in [1.82, 2.24) is 0 Å². The quantitative estimate of drug-likeness (QED) is 0.914. The Bertz CT molecular complexity index is 624. The number of hydrogen-bond donors (Lipinski definition) is 1. The Labute approximate surface area is 122 Å². The van der Waals surface area contributed by atoms with E-state index in [1.54, 1.807) is 12.1 Å². The highest BCUT2D eigenvalue weighted by Gasteiger charge is 2.09. The van der Waals surface area contributed by atoms with E-state index in [0.29, 0.717) is 17.4 Å². The summed E-state index contributed by atoms with van der Waals surface area (Å²) in [5.41, 5.74) is 6.65. The molecule has 0 unspecified atom stereocenters. The lowest BCUT2D eigenvalue weighted by atomic mass is 10.2. The van der Waals surface area contributed by atoms with Crippen LogP contribution in [0.1, 0.15) is 15.9 Å². The fourth-order valence-electron chi connectivity index (χ4n) is 1.71. The number of primary amides is 1. The van der Waals surface area contributed by atoms with Crippen LogP contribution in [0.5, 0.6) is 5.75 Å². The molecule has 0 heterocycles. The fourth-order valence-corrected chi connectivity index (χ4v) is 1.88. The zero-order chi connectivity index (χ0) is 14.4. The smallest absolute Gasteiger partial charge is 0.252 e. The second-order valence-corrected chi connectivity index (χ2v) is 4.57. The number of amides is 1. The molecule has 0 radical (unpaired) electrons. The number of benzene rings is 2. The molecule has 2 rings (SSSR count). The molecule has 3 nitrogen and oxygen atoms in total. The Hall–Kier alpha value is -2.26. The Kier molecular flexibility index (Phi) is 4.80. The molecule has 0 saturated carbocycles.